The molecular formula is C20H23Cl2N3O2S. The lowest BCUT2D eigenvalue weighted by atomic mass is 9.64. The maximum Gasteiger partial charge on any atom is 0.240 e. The third kappa shape index (κ3) is 3.42. The fraction of sp³-hybridized carbons (Fsp3) is 0.400. The van der Waals surface area contributed by atoms with E-state index in [0.29, 0.717) is 28.9 Å². The van der Waals surface area contributed by atoms with Gasteiger partial charge in [-0.1, -0.05) is 30.1 Å². The van der Waals surface area contributed by atoms with E-state index in [1.807, 2.05) is 18.2 Å². The van der Waals surface area contributed by atoms with Gasteiger partial charge < -0.3 is 10.6 Å². The van der Waals surface area contributed by atoms with E-state index in [1.165, 1.54) is 17.7 Å². The zero-order valence-corrected chi connectivity index (χ0v) is 17.8. The first-order chi connectivity index (χ1) is 13.3. The first-order valence-corrected chi connectivity index (χ1v) is 11.6. The highest BCUT2D eigenvalue weighted by molar-refractivity contribution is 7.89. The van der Waals surface area contributed by atoms with Gasteiger partial charge in [0.1, 0.15) is 0 Å². The van der Waals surface area contributed by atoms with Gasteiger partial charge in [-0.25, -0.2) is 13.1 Å². The molecule has 28 heavy (non-hydrogen) atoms. The predicted molar refractivity (Wildman–Crippen MR) is 114 cm³/mol. The van der Waals surface area contributed by atoms with E-state index >= 15 is 0 Å². The molecule has 0 bridgehead atoms. The van der Waals surface area contributed by atoms with Crippen molar-refractivity contribution in [3.05, 3.63) is 58.1 Å². The Morgan fingerprint density at radius 1 is 1.11 bits per heavy atom. The van der Waals surface area contributed by atoms with Crippen molar-refractivity contribution in [2.75, 3.05) is 25.0 Å². The summed E-state index contributed by atoms with van der Waals surface area (Å²) in [7, 11) is -3.58. The summed E-state index contributed by atoms with van der Waals surface area (Å²) in [6.45, 7) is 4.28. The number of hydrogen-bond acceptors (Lipinski definition) is 4. The summed E-state index contributed by atoms with van der Waals surface area (Å²) >= 11 is 12.2. The van der Waals surface area contributed by atoms with E-state index in [1.54, 1.807) is 12.1 Å². The smallest absolute Gasteiger partial charge is 0.240 e. The van der Waals surface area contributed by atoms with Crippen molar-refractivity contribution in [1.82, 2.24) is 10.0 Å². The summed E-state index contributed by atoms with van der Waals surface area (Å²) in [4.78, 5) is 0.220. The lowest BCUT2D eigenvalue weighted by molar-refractivity contribution is 0.194. The molecule has 2 aromatic carbocycles. The summed E-state index contributed by atoms with van der Waals surface area (Å²) in [5.41, 5.74) is 2.10. The summed E-state index contributed by atoms with van der Waals surface area (Å²) in [6.07, 6.45) is 0.688. The van der Waals surface area contributed by atoms with Crippen molar-refractivity contribution in [3.8, 4) is 0 Å². The van der Waals surface area contributed by atoms with Crippen LogP contribution in [0.4, 0.5) is 5.69 Å². The molecule has 2 aromatic rings. The Hall–Kier alpha value is -1.31. The summed E-state index contributed by atoms with van der Waals surface area (Å²) in [6, 6.07) is 12.3. The number of rotatable bonds is 5. The zero-order valence-electron chi connectivity index (χ0n) is 15.5. The van der Waals surface area contributed by atoms with Gasteiger partial charge in [0.15, 0.2) is 0 Å². The molecule has 0 saturated carbocycles. The maximum atomic E-state index is 12.7. The quantitative estimate of drug-likeness (QED) is 0.664. The number of halogens is 2. The molecule has 3 atom stereocenters. The molecule has 0 amide bonds. The largest absolute Gasteiger partial charge is 0.380 e. The molecule has 1 fully saturated rings. The molecule has 0 aromatic heterocycles. The average molecular weight is 440 g/mol. The Kier molecular flexibility index (Phi) is 5.35. The predicted octanol–water partition coefficient (Wildman–Crippen LogP) is 3.63. The maximum absolute atomic E-state index is 12.7. The first-order valence-electron chi connectivity index (χ1n) is 9.35. The number of nitrogens with one attached hydrogen (secondary N) is 3. The van der Waals surface area contributed by atoms with Crippen molar-refractivity contribution in [2.24, 2.45) is 5.92 Å². The molecule has 150 valence electrons. The first kappa shape index (κ1) is 20.0. The second-order valence-corrected chi connectivity index (χ2v) is 10.2. The molecule has 0 spiro atoms. The minimum atomic E-state index is -3.58. The number of fused-ring (bicyclic) bond motifs is 3. The molecule has 2 aliphatic rings. The lowest BCUT2D eigenvalue weighted by Crippen LogP contribution is -2.57. The van der Waals surface area contributed by atoms with Crippen molar-refractivity contribution in [1.29, 1.82) is 0 Å². The van der Waals surface area contributed by atoms with Crippen molar-refractivity contribution in [2.45, 2.75) is 29.7 Å². The Labute approximate surface area is 175 Å². The third-order valence-corrected chi connectivity index (χ3v) is 8.03. The number of anilines is 1. The van der Waals surface area contributed by atoms with E-state index in [-0.39, 0.29) is 16.4 Å². The average Bonchev–Trinajstić information content (AvgIpc) is 2.97. The van der Waals surface area contributed by atoms with Gasteiger partial charge in [-0.15, -0.1) is 0 Å². The molecule has 1 unspecified atom stereocenters. The molecule has 4 rings (SSSR count). The summed E-state index contributed by atoms with van der Waals surface area (Å²) in [5.74, 6) is 0.332. The van der Waals surface area contributed by atoms with Crippen LogP contribution in [0.2, 0.25) is 10.0 Å². The molecule has 2 aliphatic heterocycles. The number of benzene rings is 2. The van der Waals surface area contributed by atoms with Crippen LogP contribution in [0.15, 0.2) is 47.4 Å². The van der Waals surface area contributed by atoms with E-state index in [2.05, 4.69) is 22.3 Å². The Morgan fingerprint density at radius 3 is 2.57 bits per heavy atom. The normalized spacial score (nSPS) is 26.4. The second kappa shape index (κ2) is 7.50. The molecule has 5 nitrogen and oxygen atoms in total. The Balaban J connectivity index is 1.58. The van der Waals surface area contributed by atoms with Crippen LogP contribution >= 0.6 is 23.2 Å². The molecule has 0 aliphatic carbocycles. The Morgan fingerprint density at radius 2 is 1.82 bits per heavy atom. The van der Waals surface area contributed by atoms with Crippen molar-refractivity contribution >= 4 is 38.9 Å². The fourth-order valence-corrected chi connectivity index (χ4v) is 5.97. The molecule has 3 N–H and O–H groups in total. The topological polar surface area (TPSA) is 70.2 Å². The molecule has 0 radical (unpaired) electrons. The van der Waals surface area contributed by atoms with E-state index in [0.717, 1.165) is 18.8 Å². The van der Waals surface area contributed by atoms with E-state index in [9.17, 15) is 8.42 Å². The van der Waals surface area contributed by atoms with Gasteiger partial charge in [0.05, 0.1) is 4.90 Å². The SMILES string of the molecule is CC1CNC[C@@H]2Nc3ccc(Cl)cc3[C@]12CCNS(=O)(=O)c1ccc(Cl)cc1. The number of hydrogen-bond donors (Lipinski definition) is 3. The van der Waals surface area contributed by atoms with Crippen LogP contribution in [0.25, 0.3) is 0 Å². The fourth-order valence-electron chi connectivity index (χ4n) is 4.64. The highest BCUT2D eigenvalue weighted by Crippen LogP contribution is 2.50. The summed E-state index contributed by atoms with van der Waals surface area (Å²) < 4.78 is 28.1. The van der Waals surface area contributed by atoms with Crippen molar-refractivity contribution < 1.29 is 8.42 Å². The van der Waals surface area contributed by atoms with Crippen molar-refractivity contribution in [3.63, 3.8) is 0 Å². The third-order valence-electron chi connectivity index (χ3n) is 6.07. The van der Waals surface area contributed by atoms with Gasteiger partial charge in [0.25, 0.3) is 0 Å². The van der Waals surface area contributed by atoms with Crippen LogP contribution in [-0.4, -0.2) is 34.1 Å². The highest BCUT2D eigenvalue weighted by Gasteiger charge is 2.51. The van der Waals surface area contributed by atoms with Crippen LogP contribution in [0, 0.1) is 5.92 Å². The second-order valence-electron chi connectivity index (χ2n) is 7.59. The van der Waals surface area contributed by atoms with Gasteiger partial charge in [0.2, 0.25) is 10.0 Å². The minimum absolute atomic E-state index is 0.173. The zero-order chi connectivity index (χ0) is 19.9. The summed E-state index contributed by atoms with van der Waals surface area (Å²) in [5, 5.41) is 8.29. The lowest BCUT2D eigenvalue weighted by Gasteiger charge is -2.45. The molecule has 8 heteroatoms. The van der Waals surface area contributed by atoms with Crippen LogP contribution in [0.5, 0.6) is 0 Å². The standard InChI is InChI=1S/C20H23Cl2N3O2S/c1-13-11-23-12-19-20(13,17-10-15(22)4-7-18(17)25-19)8-9-24-28(26,27)16-5-2-14(21)3-6-16/h2-7,10,13,19,23-25H,8-9,11-12H2,1H3/t13?,19-,20-/m0/s1. The van der Waals surface area contributed by atoms with Crippen LogP contribution in [0.1, 0.15) is 18.9 Å². The highest BCUT2D eigenvalue weighted by atomic mass is 35.5. The van der Waals surface area contributed by atoms with Gasteiger partial charge >= 0.3 is 0 Å². The van der Waals surface area contributed by atoms with Gasteiger partial charge in [-0.05, 0) is 66.9 Å². The van der Waals surface area contributed by atoms with Crippen LogP contribution in [0.3, 0.4) is 0 Å². The van der Waals surface area contributed by atoms with Gasteiger partial charge in [-0.2, -0.15) is 0 Å². The van der Waals surface area contributed by atoms with Gasteiger partial charge in [0, 0.05) is 40.3 Å². The number of sulfonamides is 1. The monoisotopic (exact) mass is 439 g/mol. The molecule has 1 saturated heterocycles. The van der Waals surface area contributed by atoms with Crippen LogP contribution < -0.4 is 15.4 Å². The van der Waals surface area contributed by atoms with Gasteiger partial charge in [-0.3, -0.25) is 0 Å². The van der Waals surface area contributed by atoms with E-state index < -0.39 is 10.0 Å². The number of piperidine rings is 1. The minimum Gasteiger partial charge on any atom is -0.380 e. The van der Waals surface area contributed by atoms with Crippen LogP contribution in [-0.2, 0) is 15.4 Å². The van der Waals surface area contributed by atoms with E-state index in [4.69, 9.17) is 23.2 Å². The molecular weight excluding hydrogens is 417 g/mol. The molecule has 2 heterocycles. The Bertz CT molecular complexity index is 981.